The predicted octanol–water partition coefficient (Wildman–Crippen LogP) is 1.71. The minimum Gasteiger partial charge on any atom is -0.337 e. The van der Waals surface area contributed by atoms with E-state index in [1.54, 1.807) is 23.1 Å². The van der Waals surface area contributed by atoms with E-state index in [1.165, 1.54) is 0 Å². The predicted molar refractivity (Wildman–Crippen MR) is 113 cm³/mol. The molecule has 0 saturated carbocycles. The lowest BCUT2D eigenvalue weighted by atomic mass is 9.92. The second-order valence-electron chi connectivity index (χ2n) is 8.17. The molecule has 8 heteroatoms. The van der Waals surface area contributed by atoms with Crippen LogP contribution in [0.4, 0.5) is 0 Å². The Kier molecular flexibility index (Phi) is 6.13. The summed E-state index contributed by atoms with van der Waals surface area (Å²) < 4.78 is 1.74. The third kappa shape index (κ3) is 4.23. The van der Waals surface area contributed by atoms with Crippen LogP contribution in [0.15, 0.2) is 30.6 Å². The molecular formula is C22H30N6O2. The Bertz CT molecular complexity index is 877. The van der Waals surface area contributed by atoms with Gasteiger partial charge < -0.3 is 14.7 Å². The van der Waals surface area contributed by atoms with Crippen molar-refractivity contribution in [1.29, 1.82) is 0 Å². The third-order valence-electron chi connectivity index (χ3n) is 6.26. The van der Waals surface area contributed by atoms with Gasteiger partial charge in [-0.3, -0.25) is 19.3 Å². The number of rotatable bonds is 4. The first-order valence-corrected chi connectivity index (χ1v) is 10.8. The monoisotopic (exact) mass is 410 g/mol. The van der Waals surface area contributed by atoms with Gasteiger partial charge in [0.15, 0.2) is 0 Å². The van der Waals surface area contributed by atoms with Crippen molar-refractivity contribution in [3.05, 3.63) is 47.5 Å². The van der Waals surface area contributed by atoms with E-state index in [9.17, 15) is 9.59 Å². The minimum atomic E-state index is 0.0499. The second kappa shape index (κ2) is 8.95. The van der Waals surface area contributed by atoms with Crippen LogP contribution in [0.25, 0.3) is 0 Å². The first-order chi connectivity index (χ1) is 14.6. The molecule has 2 aromatic heterocycles. The number of nitrogens with zero attached hydrogens (tertiary/aromatic N) is 6. The fourth-order valence-electron chi connectivity index (χ4n) is 4.27. The molecule has 0 aromatic carbocycles. The average molecular weight is 411 g/mol. The van der Waals surface area contributed by atoms with Gasteiger partial charge in [-0.2, -0.15) is 5.10 Å². The number of pyridine rings is 1. The Hall–Kier alpha value is -2.74. The van der Waals surface area contributed by atoms with E-state index in [0.717, 1.165) is 44.7 Å². The fraction of sp³-hybridized carbons (Fsp3) is 0.545. The molecule has 0 unspecified atom stereocenters. The Morgan fingerprint density at radius 3 is 2.30 bits per heavy atom. The highest BCUT2D eigenvalue weighted by Gasteiger charge is 2.27. The molecule has 2 aliphatic heterocycles. The summed E-state index contributed by atoms with van der Waals surface area (Å²) >= 11 is 0. The number of likely N-dealkylation sites (N-methyl/N-ethyl adjacent to an activating group) is 1. The number of carbonyl (C=O) groups is 2. The Morgan fingerprint density at radius 2 is 1.67 bits per heavy atom. The number of aromatic nitrogens is 3. The quantitative estimate of drug-likeness (QED) is 0.767. The van der Waals surface area contributed by atoms with Gasteiger partial charge in [0.25, 0.3) is 11.8 Å². The van der Waals surface area contributed by atoms with E-state index >= 15 is 0 Å². The van der Waals surface area contributed by atoms with Gasteiger partial charge in [-0.05, 0) is 45.0 Å². The summed E-state index contributed by atoms with van der Waals surface area (Å²) in [6.45, 7) is 7.44. The maximum Gasteiger partial charge on any atom is 0.272 e. The summed E-state index contributed by atoms with van der Waals surface area (Å²) in [7, 11) is 2.08. The summed E-state index contributed by atoms with van der Waals surface area (Å²) in [6, 6.07) is 5.67. The Labute approximate surface area is 177 Å². The average Bonchev–Trinajstić information content (AvgIpc) is 3.28. The van der Waals surface area contributed by atoms with Gasteiger partial charge in [0.2, 0.25) is 0 Å². The van der Waals surface area contributed by atoms with Gasteiger partial charge in [-0.25, -0.2) is 0 Å². The zero-order valence-corrected chi connectivity index (χ0v) is 17.8. The molecule has 8 nitrogen and oxygen atoms in total. The zero-order chi connectivity index (χ0) is 21.1. The number of carbonyl (C=O) groups excluding carboxylic acids is 2. The normalized spacial score (nSPS) is 18.6. The number of hydrogen-bond acceptors (Lipinski definition) is 5. The van der Waals surface area contributed by atoms with Crippen molar-refractivity contribution in [2.75, 3.05) is 46.3 Å². The highest BCUT2D eigenvalue weighted by molar-refractivity contribution is 5.94. The standard InChI is InChI=1S/C22H30N6O2/c1-3-28-20(6-9-24-28)22(30)26-10-7-17(8-11-26)19-5-4-18(16-23-19)21(29)27-14-12-25(2)13-15-27/h4-6,9,16-17H,3,7-8,10-15H2,1-2H3. The van der Waals surface area contributed by atoms with E-state index in [2.05, 4.69) is 22.0 Å². The highest BCUT2D eigenvalue weighted by Crippen LogP contribution is 2.27. The molecule has 0 aliphatic carbocycles. The second-order valence-corrected chi connectivity index (χ2v) is 8.17. The smallest absolute Gasteiger partial charge is 0.272 e. The van der Waals surface area contributed by atoms with Crippen molar-refractivity contribution in [3.63, 3.8) is 0 Å². The van der Waals surface area contributed by atoms with Crippen molar-refractivity contribution in [2.24, 2.45) is 0 Å². The molecule has 4 rings (SSSR count). The van der Waals surface area contributed by atoms with E-state index in [4.69, 9.17) is 0 Å². The van der Waals surface area contributed by atoms with Crippen molar-refractivity contribution in [1.82, 2.24) is 29.5 Å². The molecule has 2 aliphatic rings. The van der Waals surface area contributed by atoms with Gasteiger partial charge in [0.1, 0.15) is 5.69 Å². The minimum absolute atomic E-state index is 0.0499. The van der Waals surface area contributed by atoms with Gasteiger partial charge in [0, 0.05) is 69.8 Å². The Morgan fingerprint density at radius 1 is 0.967 bits per heavy atom. The summed E-state index contributed by atoms with van der Waals surface area (Å²) in [5.74, 6) is 0.432. The summed E-state index contributed by atoms with van der Waals surface area (Å²) in [5.41, 5.74) is 2.32. The number of aryl methyl sites for hydroxylation is 1. The van der Waals surface area contributed by atoms with E-state index in [1.807, 2.05) is 28.9 Å². The van der Waals surface area contributed by atoms with Gasteiger partial charge in [0.05, 0.1) is 5.56 Å². The van der Waals surface area contributed by atoms with Crippen molar-refractivity contribution in [3.8, 4) is 0 Å². The van der Waals surface area contributed by atoms with Crippen LogP contribution in [-0.4, -0.2) is 87.6 Å². The van der Waals surface area contributed by atoms with E-state index in [-0.39, 0.29) is 11.8 Å². The van der Waals surface area contributed by atoms with Crippen LogP contribution in [-0.2, 0) is 6.54 Å². The SMILES string of the molecule is CCn1nccc1C(=O)N1CCC(c2ccc(C(=O)N3CCN(C)CC3)cn2)CC1. The van der Waals surface area contributed by atoms with Gasteiger partial charge in [-0.1, -0.05) is 0 Å². The molecule has 0 bridgehead atoms. The lowest BCUT2D eigenvalue weighted by Gasteiger charge is -2.33. The Balaban J connectivity index is 1.34. The van der Waals surface area contributed by atoms with Gasteiger partial charge >= 0.3 is 0 Å². The van der Waals surface area contributed by atoms with Crippen LogP contribution in [0.3, 0.4) is 0 Å². The van der Waals surface area contributed by atoms with Crippen LogP contribution in [0.1, 0.15) is 52.2 Å². The summed E-state index contributed by atoms with van der Waals surface area (Å²) in [6.07, 6.45) is 5.15. The number of hydrogen-bond donors (Lipinski definition) is 0. The zero-order valence-electron chi connectivity index (χ0n) is 17.8. The third-order valence-corrected chi connectivity index (χ3v) is 6.26. The molecule has 0 N–H and O–H groups in total. The number of likely N-dealkylation sites (tertiary alicyclic amines) is 1. The molecular weight excluding hydrogens is 380 g/mol. The molecule has 2 amide bonds. The van der Waals surface area contributed by atoms with Crippen LogP contribution >= 0.6 is 0 Å². The lowest BCUT2D eigenvalue weighted by molar-refractivity contribution is 0.0661. The first-order valence-electron chi connectivity index (χ1n) is 10.8. The number of piperazine rings is 1. The molecule has 0 spiro atoms. The summed E-state index contributed by atoms with van der Waals surface area (Å²) in [4.78, 5) is 36.1. The fourth-order valence-corrected chi connectivity index (χ4v) is 4.27. The van der Waals surface area contributed by atoms with Crippen molar-refractivity contribution >= 4 is 11.8 Å². The lowest BCUT2D eigenvalue weighted by Crippen LogP contribution is -2.47. The van der Waals surface area contributed by atoms with E-state index in [0.29, 0.717) is 36.8 Å². The molecule has 2 fully saturated rings. The number of piperidine rings is 1. The topological polar surface area (TPSA) is 74.6 Å². The summed E-state index contributed by atoms with van der Waals surface area (Å²) in [5, 5.41) is 4.20. The molecule has 0 atom stereocenters. The molecule has 160 valence electrons. The van der Waals surface area contributed by atoms with Crippen LogP contribution in [0.2, 0.25) is 0 Å². The maximum atomic E-state index is 12.8. The van der Waals surface area contributed by atoms with Gasteiger partial charge in [-0.15, -0.1) is 0 Å². The van der Waals surface area contributed by atoms with Crippen LogP contribution in [0, 0.1) is 0 Å². The first kappa shape index (κ1) is 20.5. The molecule has 4 heterocycles. The van der Waals surface area contributed by atoms with Crippen molar-refractivity contribution in [2.45, 2.75) is 32.2 Å². The highest BCUT2D eigenvalue weighted by atomic mass is 16.2. The maximum absolute atomic E-state index is 12.8. The van der Waals surface area contributed by atoms with Crippen LogP contribution < -0.4 is 0 Å². The number of amides is 2. The molecule has 30 heavy (non-hydrogen) atoms. The molecule has 2 saturated heterocycles. The van der Waals surface area contributed by atoms with Crippen LogP contribution in [0.5, 0.6) is 0 Å². The largest absolute Gasteiger partial charge is 0.337 e. The van der Waals surface area contributed by atoms with Crippen molar-refractivity contribution < 1.29 is 9.59 Å². The molecule has 2 aromatic rings. The van der Waals surface area contributed by atoms with E-state index < -0.39 is 0 Å². The molecule has 0 radical (unpaired) electrons.